The molecule has 5 aliphatic rings. The predicted octanol–water partition coefficient (Wildman–Crippen LogP) is 2.78. The fraction of sp³-hybridized carbons (Fsp3) is 0.793. The van der Waals surface area contributed by atoms with Crippen molar-refractivity contribution in [2.24, 2.45) is 33.7 Å². The van der Waals surface area contributed by atoms with E-state index in [0.717, 1.165) is 50.7 Å². The zero-order valence-electron chi connectivity index (χ0n) is 23.1. The number of hydrogen-bond donors (Lipinski definition) is 2. The average molecular weight is 531 g/mol. The first-order chi connectivity index (χ1) is 17.9. The molecule has 0 unspecified atom stereocenters. The van der Waals surface area contributed by atoms with E-state index in [4.69, 9.17) is 9.57 Å². The minimum atomic E-state index is -1.19. The first-order valence-corrected chi connectivity index (χ1v) is 14.1. The number of esters is 1. The van der Waals surface area contributed by atoms with Gasteiger partial charge in [-0.3, -0.25) is 9.59 Å². The van der Waals surface area contributed by atoms with Gasteiger partial charge in [0.25, 0.3) is 5.91 Å². The summed E-state index contributed by atoms with van der Waals surface area (Å²) in [6.07, 6.45) is 8.67. The van der Waals surface area contributed by atoms with E-state index >= 15 is 0 Å². The second kappa shape index (κ2) is 9.73. The van der Waals surface area contributed by atoms with Crippen LogP contribution in [0.2, 0.25) is 0 Å². The van der Waals surface area contributed by atoms with E-state index in [1.54, 1.807) is 6.92 Å². The Morgan fingerprint density at radius 1 is 1.11 bits per heavy atom. The summed E-state index contributed by atoms with van der Waals surface area (Å²) in [5.74, 6) is 0.381. The molecule has 5 rings (SSSR count). The van der Waals surface area contributed by atoms with Crippen LogP contribution in [0.15, 0.2) is 16.8 Å². The highest BCUT2D eigenvalue weighted by Gasteiger charge is 2.65. The summed E-state index contributed by atoms with van der Waals surface area (Å²) in [7, 11) is 1.27. The molecule has 4 fully saturated rings. The van der Waals surface area contributed by atoms with Crippen LogP contribution in [-0.4, -0.2) is 76.5 Å². The van der Waals surface area contributed by atoms with Crippen molar-refractivity contribution in [1.82, 2.24) is 4.90 Å². The molecule has 1 saturated heterocycles. The predicted molar refractivity (Wildman–Crippen MR) is 139 cm³/mol. The second-order valence-electron chi connectivity index (χ2n) is 12.7. The number of hydrogen-bond acceptors (Lipinski definition) is 8. The molecular weight excluding hydrogens is 488 g/mol. The smallest absolute Gasteiger partial charge is 0.328 e. The van der Waals surface area contributed by atoms with Gasteiger partial charge < -0.3 is 24.7 Å². The third-order valence-electron chi connectivity index (χ3n) is 11.2. The highest BCUT2D eigenvalue weighted by molar-refractivity contribution is 5.96. The fourth-order valence-electron chi connectivity index (χ4n) is 8.94. The summed E-state index contributed by atoms with van der Waals surface area (Å²) in [4.78, 5) is 43.8. The van der Waals surface area contributed by atoms with Crippen molar-refractivity contribution in [3.8, 4) is 0 Å². The Labute approximate surface area is 224 Å². The Morgan fingerprint density at radius 3 is 2.55 bits per heavy atom. The van der Waals surface area contributed by atoms with Crippen molar-refractivity contribution >= 4 is 23.4 Å². The highest BCUT2D eigenvalue weighted by atomic mass is 16.6. The van der Waals surface area contributed by atoms with Gasteiger partial charge in [0.2, 0.25) is 0 Å². The van der Waals surface area contributed by atoms with Crippen LogP contribution in [0.25, 0.3) is 0 Å². The molecule has 0 aromatic rings. The normalized spacial score (nSPS) is 43.1. The van der Waals surface area contributed by atoms with Gasteiger partial charge in [0.15, 0.2) is 12.4 Å². The van der Waals surface area contributed by atoms with Gasteiger partial charge in [0.1, 0.15) is 11.6 Å². The van der Waals surface area contributed by atoms with Gasteiger partial charge in [-0.05, 0) is 87.5 Å². The maximum absolute atomic E-state index is 12.7. The number of amides is 1. The quantitative estimate of drug-likeness (QED) is 0.414. The summed E-state index contributed by atoms with van der Waals surface area (Å²) in [5.41, 5.74) is 0.746. The molecule has 0 aromatic heterocycles. The van der Waals surface area contributed by atoms with Crippen LogP contribution in [0.5, 0.6) is 0 Å². The molecule has 3 saturated carbocycles. The van der Waals surface area contributed by atoms with E-state index in [-0.39, 0.29) is 36.2 Å². The Kier molecular flexibility index (Phi) is 7.00. The van der Waals surface area contributed by atoms with E-state index in [2.05, 4.69) is 25.1 Å². The lowest BCUT2D eigenvalue weighted by atomic mass is 9.46. The number of carbonyl (C=O) groups is 3. The largest absolute Gasteiger partial charge is 0.467 e. The van der Waals surface area contributed by atoms with Crippen LogP contribution >= 0.6 is 0 Å². The van der Waals surface area contributed by atoms with Crippen molar-refractivity contribution in [3.63, 3.8) is 0 Å². The van der Waals surface area contributed by atoms with E-state index in [1.807, 2.05) is 0 Å². The monoisotopic (exact) mass is 530 g/mol. The number of oxime groups is 1. The average Bonchev–Trinajstić information content (AvgIpc) is 3.41. The zero-order valence-corrected chi connectivity index (χ0v) is 23.1. The van der Waals surface area contributed by atoms with Crippen molar-refractivity contribution in [1.29, 1.82) is 0 Å². The molecule has 0 bridgehead atoms. The van der Waals surface area contributed by atoms with Gasteiger partial charge in [0, 0.05) is 18.4 Å². The molecule has 210 valence electrons. The van der Waals surface area contributed by atoms with Gasteiger partial charge in [-0.15, -0.1) is 0 Å². The third-order valence-corrected chi connectivity index (χ3v) is 11.2. The lowest BCUT2D eigenvalue weighted by Crippen LogP contribution is -2.57. The Hall–Kier alpha value is -2.26. The molecule has 0 aromatic carbocycles. The first-order valence-electron chi connectivity index (χ1n) is 14.1. The maximum Gasteiger partial charge on any atom is 0.328 e. The van der Waals surface area contributed by atoms with Crippen molar-refractivity contribution in [2.45, 2.75) is 96.3 Å². The van der Waals surface area contributed by atoms with Gasteiger partial charge in [-0.1, -0.05) is 24.6 Å². The molecule has 1 amide bonds. The molecule has 0 spiro atoms. The van der Waals surface area contributed by atoms with Crippen LogP contribution in [-0.2, 0) is 24.0 Å². The number of fused-ring (bicyclic) bond motifs is 5. The molecule has 4 aliphatic carbocycles. The van der Waals surface area contributed by atoms with Crippen molar-refractivity contribution in [3.05, 3.63) is 11.6 Å². The van der Waals surface area contributed by atoms with Gasteiger partial charge in [0.05, 0.1) is 18.9 Å². The van der Waals surface area contributed by atoms with Crippen molar-refractivity contribution < 1.29 is 34.2 Å². The number of likely N-dealkylation sites (tertiary alicyclic amines) is 1. The molecule has 9 heteroatoms. The molecule has 8 atom stereocenters. The van der Waals surface area contributed by atoms with E-state index in [0.29, 0.717) is 24.2 Å². The molecule has 0 radical (unpaired) electrons. The summed E-state index contributed by atoms with van der Waals surface area (Å²) in [6, 6.07) is -0.796. The lowest BCUT2D eigenvalue weighted by molar-refractivity contribution is -0.159. The molecule has 38 heavy (non-hydrogen) atoms. The number of rotatable bonds is 5. The van der Waals surface area contributed by atoms with Crippen molar-refractivity contribution in [2.75, 3.05) is 20.3 Å². The van der Waals surface area contributed by atoms with Crippen LogP contribution in [0.4, 0.5) is 0 Å². The van der Waals surface area contributed by atoms with E-state index in [9.17, 15) is 24.6 Å². The summed E-state index contributed by atoms with van der Waals surface area (Å²) in [5, 5.41) is 25.5. The Bertz CT molecular complexity index is 1070. The number of aliphatic hydroxyl groups is 2. The van der Waals surface area contributed by atoms with Gasteiger partial charge >= 0.3 is 5.97 Å². The number of carbonyl (C=O) groups excluding carboxylic acids is 3. The molecule has 1 aliphatic heterocycles. The lowest BCUT2D eigenvalue weighted by Gasteiger charge is -2.59. The number of aliphatic hydroxyl groups excluding tert-OH is 1. The number of methoxy groups -OCH3 is 1. The minimum Gasteiger partial charge on any atom is -0.467 e. The third kappa shape index (κ3) is 4.12. The molecular formula is C29H42N2O7. The number of ketones is 1. The summed E-state index contributed by atoms with van der Waals surface area (Å²) in [6.45, 7) is 5.85. The molecule has 2 N–H and O–H groups in total. The number of Topliss-reactive ketones (excluding diaryl/α,β-unsaturated/α-hetero) is 1. The second-order valence-corrected chi connectivity index (χ2v) is 12.7. The minimum absolute atomic E-state index is 0.0649. The molecule has 9 nitrogen and oxygen atoms in total. The van der Waals surface area contributed by atoms with E-state index in [1.165, 1.54) is 17.6 Å². The standard InChI is InChI=1S/C29H42N2O7/c1-17(32)29(36)12-9-23-21-6-5-18-13-19(7-10-27(18,2)22(21)8-11-28(23,29)3)30-38-16-25(34)31-15-20(33)14-24(31)26(35)37-4/h13,20-24,33,36H,5-12,14-16H2,1-4H3/b30-19-/t20-,21-,22+,23-,24-,27-,28-,29-/m0/s1. The van der Waals surface area contributed by atoms with Crippen LogP contribution < -0.4 is 0 Å². The van der Waals surface area contributed by atoms with E-state index < -0.39 is 29.6 Å². The maximum atomic E-state index is 12.7. The van der Waals surface area contributed by atoms with Gasteiger partial charge in [-0.25, -0.2) is 4.79 Å². The van der Waals surface area contributed by atoms with Crippen LogP contribution in [0.1, 0.15) is 78.6 Å². The number of nitrogens with zero attached hydrogens (tertiary/aromatic N) is 2. The highest BCUT2D eigenvalue weighted by Crippen LogP contribution is 2.67. The van der Waals surface area contributed by atoms with Gasteiger partial charge in [-0.2, -0.15) is 0 Å². The fourth-order valence-corrected chi connectivity index (χ4v) is 8.94. The number of ether oxygens (including phenoxy) is 1. The van der Waals surface area contributed by atoms with Crippen LogP contribution in [0.3, 0.4) is 0 Å². The molecule has 1 heterocycles. The number of β-amino-alcohol motifs (C(OH)–C–C–N with tert-alkyl or cyclic N) is 1. The Balaban J connectivity index is 1.25. The zero-order chi connectivity index (χ0) is 27.5. The first kappa shape index (κ1) is 27.3. The SMILES string of the molecule is COC(=O)[C@@H]1C[C@H](O)CN1C(=O)CO/N=C1\C=C2CC[C@H]3[C@@H](CC[C@@]4(C)[C@H]3CC[C@]4(O)C(C)=O)[C@@]2(C)CC1. The number of allylic oxidation sites excluding steroid dienone is 2. The summed E-state index contributed by atoms with van der Waals surface area (Å²) < 4.78 is 4.76. The topological polar surface area (TPSA) is 126 Å². The Morgan fingerprint density at radius 2 is 1.84 bits per heavy atom. The van der Waals surface area contributed by atoms with Crippen LogP contribution in [0, 0.1) is 28.6 Å². The summed E-state index contributed by atoms with van der Waals surface area (Å²) >= 11 is 0.